The van der Waals surface area contributed by atoms with E-state index >= 15 is 17.6 Å². The number of rotatable bonds is 10. The molecule has 2 aromatic carbocycles. The van der Waals surface area contributed by atoms with Crippen molar-refractivity contribution < 1.29 is 17.6 Å². The molecule has 0 saturated carbocycles. The third-order valence-corrected chi connectivity index (χ3v) is 7.60. The third-order valence-electron chi connectivity index (χ3n) is 7.60. The molecule has 0 aromatic heterocycles. The maximum Gasteiger partial charge on any atom is 0.323 e. The average Bonchev–Trinajstić information content (AvgIpc) is 3.06. The zero-order valence-electron chi connectivity index (χ0n) is 19.0. The van der Waals surface area contributed by atoms with Gasteiger partial charge in [-0.25, -0.2) is 0 Å². The Bertz CT molecular complexity index is 833. The van der Waals surface area contributed by atoms with Gasteiger partial charge in [0.05, 0.1) is 5.41 Å². The van der Waals surface area contributed by atoms with Crippen molar-refractivity contribution in [2.45, 2.75) is 83.5 Å². The fourth-order valence-electron chi connectivity index (χ4n) is 5.55. The van der Waals surface area contributed by atoms with Crippen molar-refractivity contribution in [3.8, 4) is 11.1 Å². The Kier molecular flexibility index (Phi) is 6.88. The summed E-state index contributed by atoms with van der Waals surface area (Å²) in [6.07, 6.45) is 2.24. The summed E-state index contributed by atoms with van der Waals surface area (Å²) in [5.41, 5.74) is -0.0320. The predicted octanol–water partition coefficient (Wildman–Crippen LogP) is 8.88. The highest BCUT2D eigenvalue weighted by atomic mass is 19.3. The molecule has 0 bridgehead atoms. The molecule has 170 valence electrons. The first-order valence-electron chi connectivity index (χ1n) is 11.7. The molecule has 0 unspecified atom stereocenters. The highest BCUT2D eigenvalue weighted by Crippen LogP contribution is 2.63. The summed E-state index contributed by atoms with van der Waals surface area (Å²) < 4.78 is 64.3. The SMILES string of the molecule is CCC(CC)CCC1(C(F)(F)C(F)(F)C(CC)CC)c2ccccc2-c2ccccc21. The lowest BCUT2D eigenvalue weighted by Crippen LogP contribution is -2.59. The van der Waals surface area contributed by atoms with Gasteiger partial charge in [-0.1, -0.05) is 89.1 Å². The number of alkyl halides is 4. The van der Waals surface area contributed by atoms with E-state index in [0.717, 1.165) is 12.8 Å². The van der Waals surface area contributed by atoms with Crippen molar-refractivity contribution in [2.24, 2.45) is 11.8 Å². The van der Waals surface area contributed by atoms with Gasteiger partial charge in [-0.2, -0.15) is 17.6 Å². The maximum absolute atomic E-state index is 16.5. The number of hydrogen-bond donors (Lipinski definition) is 0. The van der Waals surface area contributed by atoms with Crippen LogP contribution in [-0.2, 0) is 5.41 Å². The summed E-state index contributed by atoms with van der Waals surface area (Å²) >= 11 is 0. The number of halogens is 4. The van der Waals surface area contributed by atoms with E-state index in [4.69, 9.17) is 0 Å². The minimum absolute atomic E-state index is 0.0100. The van der Waals surface area contributed by atoms with Crippen LogP contribution in [0.4, 0.5) is 17.6 Å². The molecule has 1 aliphatic rings. The Labute approximate surface area is 184 Å². The van der Waals surface area contributed by atoms with Crippen molar-refractivity contribution in [2.75, 3.05) is 0 Å². The molecular weight excluding hydrogens is 400 g/mol. The summed E-state index contributed by atoms with van der Waals surface area (Å²) in [4.78, 5) is 0. The van der Waals surface area contributed by atoms with Crippen molar-refractivity contribution >= 4 is 0 Å². The van der Waals surface area contributed by atoms with E-state index in [2.05, 4.69) is 0 Å². The molecule has 0 heterocycles. The van der Waals surface area contributed by atoms with Gasteiger partial charge in [0.15, 0.2) is 0 Å². The van der Waals surface area contributed by atoms with Gasteiger partial charge in [0.25, 0.3) is 0 Å². The summed E-state index contributed by atoms with van der Waals surface area (Å²) in [5.74, 6) is -9.47. The molecular formula is C27H34F4. The molecule has 4 heteroatoms. The van der Waals surface area contributed by atoms with Crippen LogP contribution in [0, 0.1) is 11.8 Å². The summed E-state index contributed by atoms with van der Waals surface area (Å²) in [7, 11) is 0. The molecule has 0 fully saturated rings. The Morgan fingerprint density at radius 3 is 1.58 bits per heavy atom. The molecule has 0 spiro atoms. The minimum atomic E-state index is -4.22. The predicted molar refractivity (Wildman–Crippen MR) is 120 cm³/mol. The molecule has 2 aromatic rings. The molecule has 0 radical (unpaired) electrons. The molecule has 3 rings (SSSR count). The van der Waals surface area contributed by atoms with E-state index in [-0.39, 0.29) is 25.2 Å². The average molecular weight is 435 g/mol. The van der Waals surface area contributed by atoms with Crippen molar-refractivity contribution in [1.29, 1.82) is 0 Å². The fourth-order valence-corrected chi connectivity index (χ4v) is 5.55. The van der Waals surface area contributed by atoms with Gasteiger partial charge in [0.2, 0.25) is 0 Å². The molecule has 0 amide bonds. The van der Waals surface area contributed by atoms with Crippen LogP contribution < -0.4 is 0 Å². The molecule has 0 atom stereocenters. The second-order valence-corrected chi connectivity index (χ2v) is 8.93. The van der Waals surface area contributed by atoms with Crippen molar-refractivity contribution in [1.82, 2.24) is 0 Å². The zero-order valence-corrected chi connectivity index (χ0v) is 19.0. The minimum Gasteiger partial charge on any atom is -0.200 e. The number of benzene rings is 2. The van der Waals surface area contributed by atoms with Crippen molar-refractivity contribution in [3.63, 3.8) is 0 Å². The summed E-state index contributed by atoms with van der Waals surface area (Å²) in [5, 5.41) is 0. The van der Waals surface area contributed by atoms with Gasteiger partial charge < -0.3 is 0 Å². The monoisotopic (exact) mass is 434 g/mol. The Balaban J connectivity index is 2.30. The normalized spacial score (nSPS) is 15.4. The molecule has 1 aliphatic carbocycles. The van der Waals surface area contributed by atoms with Crippen LogP contribution in [0.5, 0.6) is 0 Å². The Morgan fingerprint density at radius 1 is 0.710 bits per heavy atom. The highest BCUT2D eigenvalue weighted by Gasteiger charge is 2.72. The first-order chi connectivity index (χ1) is 14.7. The van der Waals surface area contributed by atoms with Crippen LogP contribution in [-0.4, -0.2) is 11.8 Å². The highest BCUT2D eigenvalue weighted by molar-refractivity contribution is 5.81. The molecule has 0 nitrogen and oxygen atoms in total. The smallest absolute Gasteiger partial charge is 0.200 e. The van der Waals surface area contributed by atoms with Crippen LogP contribution in [0.2, 0.25) is 0 Å². The Morgan fingerprint density at radius 2 is 1.16 bits per heavy atom. The van der Waals surface area contributed by atoms with E-state index < -0.39 is 23.2 Å². The molecule has 31 heavy (non-hydrogen) atoms. The van der Waals surface area contributed by atoms with Gasteiger partial charge in [-0.05, 0) is 53.9 Å². The lowest BCUT2D eigenvalue weighted by atomic mass is 9.64. The van der Waals surface area contributed by atoms with E-state index in [0.29, 0.717) is 28.7 Å². The second kappa shape index (κ2) is 8.96. The maximum atomic E-state index is 16.5. The lowest BCUT2D eigenvalue weighted by Gasteiger charge is -2.45. The first-order valence-corrected chi connectivity index (χ1v) is 11.7. The van der Waals surface area contributed by atoms with Gasteiger partial charge in [-0.3, -0.25) is 0 Å². The Hall–Kier alpha value is -1.84. The van der Waals surface area contributed by atoms with Crippen molar-refractivity contribution in [3.05, 3.63) is 59.7 Å². The van der Waals surface area contributed by atoms with E-state index in [1.807, 2.05) is 13.8 Å². The van der Waals surface area contributed by atoms with Gasteiger partial charge in [-0.15, -0.1) is 0 Å². The van der Waals surface area contributed by atoms with Gasteiger partial charge >= 0.3 is 11.8 Å². The number of hydrogen-bond acceptors (Lipinski definition) is 0. The number of fused-ring (bicyclic) bond motifs is 3. The zero-order chi connectivity index (χ0) is 22.9. The van der Waals surface area contributed by atoms with Gasteiger partial charge in [0.1, 0.15) is 0 Å². The van der Waals surface area contributed by atoms with Crippen LogP contribution >= 0.6 is 0 Å². The quantitative estimate of drug-likeness (QED) is 0.328. The molecule has 0 N–H and O–H groups in total. The van der Waals surface area contributed by atoms with Crippen LogP contribution in [0.3, 0.4) is 0 Å². The lowest BCUT2D eigenvalue weighted by molar-refractivity contribution is -0.264. The van der Waals surface area contributed by atoms with Crippen LogP contribution in [0.15, 0.2) is 48.5 Å². The topological polar surface area (TPSA) is 0 Å². The summed E-state index contributed by atoms with van der Waals surface area (Å²) in [6.45, 7) is 7.22. The van der Waals surface area contributed by atoms with Crippen LogP contribution in [0.1, 0.15) is 77.3 Å². The van der Waals surface area contributed by atoms with E-state index in [1.54, 1.807) is 62.4 Å². The van der Waals surface area contributed by atoms with Gasteiger partial charge in [0, 0.05) is 5.92 Å². The largest absolute Gasteiger partial charge is 0.323 e. The molecule has 0 aliphatic heterocycles. The second-order valence-electron chi connectivity index (χ2n) is 8.93. The standard InChI is InChI=1S/C27H34F4/c1-5-19(6-2)17-18-25(27(30,31)26(28,29)20(7-3)8-4)23-15-11-9-13-21(23)22-14-10-12-16-24(22)25/h9-16,19-20H,5-8,17-18H2,1-4H3. The first kappa shape index (κ1) is 23.8. The van der Waals surface area contributed by atoms with E-state index in [9.17, 15) is 0 Å². The molecule has 0 saturated heterocycles. The third kappa shape index (κ3) is 3.50. The fraction of sp³-hybridized carbons (Fsp3) is 0.556. The van der Waals surface area contributed by atoms with E-state index in [1.165, 1.54) is 0 Å². The summed E-state index contributed by atoms with van der Waals surface area (Å²) in [6, 6.07) is 13.8. The van der Waals surface area contributed by atoms with Crippen LogP contribution in [0.25, 0.3) is 11.1 Å².